The Morgan fingerprint density at radius 2 is 1.71 bits per heavy atom. The molecular formula is C27H34F5N3O6S. The first-order valence-electron chi connectivity index (χ1n) is 13.0. The Kier molecular flexibility index (Phi) is 13.1. The van der Waals surface area contributed by atoms with Gasteiger partial charge in [-0.2, -0.15) is 13.2 Å². The van der Waals surface area contributed by atoms with Gasteiger partial charge in [0.25, 0.3) is 0 Å². The molecule has 0 aliphatic rings. The number of nitrogens with one attached hydrogen (secondary N) is 2. The Bertz CT molecular complexity index is 1290. The molecule has 0 aliphatic heterocycles. The van der Waals surface area contributed by atoms with E-state index in [-0.39, 0.29) is 36.4 Å². The highest BCUT2D eigenvalue weighted by Gasteiger charge is 2.33. The van der Waals surface area contributed by atoms with Crippen molar-refractivity contribution >= 4 is 21.9 Å². The number of sulfone groups is 1. The zero-order valence-corrected chi connectivity index (χ0v) is 23.9. The summed E-state index contributed by atoms with van der Waals surface area (Å²) in [5, 5.41) is 4.97. The first kappa shape index (κ1) is 34.9. The van der Waals surface area contributed by atoms with E-state index in [4.69, 9.17) is 10.5 Å². The summed E-state index contributed by atoms with van der Waals surface area (Å²) in [4.78, 5) is 25.0. The van der Waals surface area contributed by atoms with Gasteiger partial charge in [0.15, 0.2) is 9.84 Å². The number of esters is 1. The molecule has 4 N–H and O–H groups in total. The summed E-state index contributed by atoms with van der Waals surface area (Å²) in [5.41, 5.74) is 5.76. The molecule has 2 rings (SSSR count). The molecule has 0 aromatic heterocycles. The Labute approximate surface area is 240 Å². The third kappa shape index (κ3) is 11.9. The lowest BCUT2D eigenvalue weighted by molar-refractivity contribution is -0.151. The number of hydrogen-bond acceptors (Lipinski definition) is 8. The molecule has 0 saturated carbocycles. The normalized spacial score (nSPS) is 14.1. The topological polar surface area (TPSA) is 137 Å². The highest BCUT2D eigenvalue weighted by Crippen LogP contribution is 2.29. The van der Waals surface area contributed by atoms with E-state index in [9.17, 15) is 40.0 Å². The van der Waals surface area contributed by atoms with Crippen molar-refractivity contribution in [2.24, 2.45) is 5.73 Å². The van der Waals surface area contributed by atoms with Gasteiger partial charge in [-0.3, -0.25) is 0 Å². The van der Waals surface area contributed by atoms with Gasteiger partial charge in [-0.15, -0.1) is 0 Å². The number of hydrogen-bond donors (Lipinski definition) is 3. The number of benzene rings is 2. The zero-order chi connectivity index (χ0) is 31.5. The summed E-state index contributed by atoms with van der Waals surface area (Å²) < 4.78 is 102. The van der Waals surface area contributed by atoms with Crippen LogP contribution < -0.4 is 16.4 Å². The number of nitrogens with two attached hydrogens (primary N) is 1. The third-order valence-electron chi connectivity index (χ3n) is 6.06. The van der Waals surface area contributed by atoms with Crippen LogP contribution in [0.3, 0.4) is 0 Å². The number of methoxy groups -OCH3 is 1. The highest BCUT2D eigenvalue weighted by atomic mass is 32.2. The lowest BCUT2D eigenvalue weighted by Crippen LogP contribution is -2.51. The number of halogens is 5. The average molecular weight is 624 g/mol. The molecule has 0 unspecified atom stereocenters. The average Bonchev–Trinajstić information content (AvgIpc) is 2.89. The predicted molar refractivity (Wildman–Crippen MR) is 144 cm³/mol. The summed E-state index contributed by atoms with van der Waals surface area (Å²) in [6.07, 6.45) is -6.23. The summed E-state index contributed by atoms with van der Waals surface area (Å²) in [6.45, 7) is 1.43. The number of ether oxygens (including phenoxy) is 2. The fourth-order valence-electron chi connectivity index (χ4n) is 3.93. The number of carbonyl (C=O) groups is 2. The fourth-order valence-corrected chi connectivity index (χ4v) is 5.55. The number of rotatable bonds is 15. The molecule has 15 heteroatoms. The van der Waals surface area contributed by atoms with Crippen molar-refractivity contribution in [2.45, 2.75) is 57.1 Å². The number of alkyl halides is 3. The van der Waals surface area contributed by atoms with Crippen molar-refractivity contribution in [1.82, 2.24) is 10.6 Å². The molecule has 0 fully saturated rings. The zero-order valence-electron chi connectivity index (χ0n) is 23.0. The third-order valence-corrected chi connectivity index (χ3v) is 7.81. The Morgan fingerprint density at radius 3 is 2.31 bits per heavy atom. The summed E-state index contributed by atoms with van der Waals surface area (Å²) in [7, 11) is -2.81. The quantitative estimate of drug-likeness (QED) is 0.203. The van der Waals surface area contributed by atoms with E-state index in [2.05, 4.69) is 15.4 Å². The maximum absolute atomic E-state index is 13.7. The van der Waals surface area contributed by atoms with Crippen molar-refractivity contribution in [3.05, 3.63) is 70.8 Å². The fraction of sp³-hybridized carbons (Fsp3) is 0.481. The summed E-state index contributed by atoms with van der Waals surface area (Å²) in [6, 6.07) is 4.43. The van der Waals surface area contributed by atoms with Gasteiger partial charge in [0, 0.05) is 25.2 Å². The van der Waals surface area contributed by atoms with Crippen molar-refractivity contribution in [1.29, 1.82) is 0 Å². The van der Waals surface area contributed by atoms with Crippen LogP contribution >= 0.6 is 0 Å². The van der Waals surface area contributed by atoms with Crippen LogP contribution in [0.5, 0.6) is 0 Å². The molecule has 0 spiro atoms. The molecule has 234 valence electrons. The van der Waals surface area contributed by atoms with E-state index in [0.29, 0.717) is 18.9 Å². The van der Waals surface area contributed by atoms with E-state index in [1.54, 1.807) is 6.92 Å². The molecule has 2 aromatic carbocycles. The first-order valence-corrected chi connectivity index (χ1v) is 14.8. The number of unbranched alkanes of at least 4 members (excludes halogenated alkanes) is 1. The highest BCUT2D eigenvalue weighted by molar-refractivity contribution is 7.91. The van der Waals surface area contributed by atoms with Crippen LogP contribution in [0.1, 0.15) is 36.5 Å². The van der Waals surface area contributed by atoms with Crippen LogP contribution in [-0.2, 0) is 43.2 Å². The van der Waals surface area contributed by atoms with Crippen molar-refractivity contribution < 1.29 is 49.4 Å². The summed E-state index contributed by atoms with van der Waals surface area (Å²) >= 11 is 0. The molecule has 2 aromatic rings. The van der Waals surface area contributed by atoms with Crippen molar-refractivity contribution in [2.75, 3.05) is 25.2 Å². The van der Waals surface area contributed by atoms with Gasteiger partial charge in [0.2, 0.25) is 0 Å². The maximum atomic E-state index is 13.7. The SMILES string of the molecule is CCCCS(=O)(=O)C[C@@H](NC(=O)OC)C(=O)O[C@H](CNCc1cccc(C(F)(F)F)c1)[C@@H](N)Cc1cc(F)cc(F)c1. The molecule has 42 heavy (non-hydrogen) atoms. The number of carbonyl (C=O) groups excluding carboxylic acids is 2. The van der Waals surface area contributed by atoms with E-state index in [1.807, 2.05) is 0 Å². The Hall–Kier alpha value is -3.30. The van der Waals surface area contributed by atoms with Crippen LogP contribution in [0.25, 0.3) is 0 Å². The second kappa shape index (κ2) is 15.8. The van der Waals surface area contributed by atoms with Gasteiger partial charge >= 0.3 is 18.2 Å². The van der Waals surface area contributed by atoms with Crippen LogP contribution in [-0.4, -0.2) is 63.8 Å². The Morgan fingerprint density at radius 1 is 1.05 bits per heavy atom. The smallest absolute Gasteiger partial charge is 0.416 e. The van der Waals surface area contributed by atoms with Gasteiger partial charge in [0.1, 0.15) is 23.8 Å². The lowest BCUT2D eigenvalue weighted by Gasteiger charge is -2.27. The van der Waals surface area contributed by atoms with E-state index >= 15 is 0 Å². The molecule has 0 aliphatic carbocycles. The minimum atomic E-state index is -4.56. The van der Waals surface area contributed by atoms with Crippen LogP contribution in [0.2, 0.25) is 0 Å². The largest absolute Gasteiger partial charge is 0.458 e. The molecule has 0 heterocycles. The minimum Gasteiger partial charge on any atom is -0.458 e. The Balaban J connectivity index is 2.26. The molecule has 0 bridgehead atoms. The van der Waals surface area contributed by atoms with E-state index in [1.165, 1.54) is 12.1 Å². The monoisotopic (exact) mass is 623 g/mol. The lowest BCUT2D eigenvalue weighted by atomic mass is 10.0. The van der Waals surface area contributed by atoms with Crippen molar-refractivity contribution in [3.8, 4) is 0 Å². The van der Waals surface area contributed by atoms with Gasteiger partial charge in [-0.25, -0.2) is 26.8 Å². The summed E-state index contributed by atoms with van der Waals surface area (Å²) in [5.74, 6) is -3.95. The van der Waals surface area contributed by atoms with Gasteiger partial charge in [-0.05, 0) is 42.2 Å². The number of alkyl carbamates (subject to hydrolysis) is 1. The van der Waals surface area contributed by atoms with E-state index < -0.39 is 69.2 Å². The molecule has 0 saturated heterocycles. The molecular weight excluding hydrogens is 589 g/mol. The van der Waals surface area contributed by atoms with Crippen LogP contribution in [0.4, 0.5) is 26.7 Å². The number of amides is 1. The van der Waals surface area contributed by atoms with Gasteiger partial charge in [0.05, 0.1) is 24.2 Å². The second-order valence-electron chi connectivity index (χ2n) is 9.61. The van der Waals surface area contributed by atoms with Gasteiger partial charge < -0.3 is 25.8 Å². The second-order valence-corrected chi connectivity index (χ2v) is 11.8. The molecule has 0 radical (unpaired) electrons. The standard InChI is InChI=1S/C27H34F5N3O6S/c1-3-4-8-42(38,39)16-23(35-26(37)40-2)25(36)41-24(22(33)12-18-10-20(28)13-21(29)11-18)15-34-14-17-6-5-7-19(9-17)27(30,31)32/h5-7,9-11,13,22-24,34H,3-4,8,12,14-16,33H2,1-2H3,(H,35,37)/t22-,23+,24+/m0/s1. The predicted octanol–water partition coefficient (Wildman–Crippen LogP) is 3.49. The molecule has 3 atom stereocenters. The van der Waals surface area contributed by atoms with E-state index in [0.717, 1.165) is 31.4 Å². The van der Waals surface area contributed by atoms with Crippen molar-refractivity contribution in [3.63, 3.8) is 0 Å². The molecule has 1 amide bonds. The minimum absolute atomic E-state index is 0.103. The van der Waals surface area contributed by atoms with Crippen LogP contribution in [0, 0.1) is 11.6 Å². The first-order chi connectivity index (χ1) is 19.6. The van der Waals surface area contributed by atoms with Gasteiger partial charge in [-0.1, -0.05) is 31.5 Å². The maximum Gasteiger partial charge on any atom is 0.416 e. The van der Waals surface area contributed by atoms with Crippen LogP contribution in [0.15, 0.2) is 42.5 Å². The molecule has 9 nitrogen and oxygen atoms in total.